The van der Waals surface area contributed by atoms with Gasteiger partial charge in [-0.15, -0.1) is 5.10 Å². The number of carbonyl (C=O) groups excluding carboxylic acids is 1. The first-order valence-electron chi connectivity index (χ1n) is 14.8. The third-order valence-electron chi connectivity index (χ3n) is 8.24. The molecular formula is C33H31N7O6. The van der Waals surface area contributed by atoms with Crippen molar-refractivity contribution in [3.05, 3.63) is 129 Å². The number of nitro benzene ring substituents is 1. The van der Waals surface area contributed by atoms with Crippen molar-refractivity contribution in [3.8, 4) is 5.69 Å². The topological polar surface area (TPSA) is 170 Å². The van der Waals surface area contributed by atoms with Crippen LogP contribution in [-0.2, 0) is 29.9 Å². The SMILES string of the molecule is C[C@H](/C=C/CCn1cc(CCO)nn1)[C@@]1(O)C(=O)N(Cc2ccc(-n3ncc4ccccc4c3=O)cc2)c2ccc([N+](=O)[O-])cc21. The minimum absolute atomic E-state index is 0.0190. The van der Waals surface area contributed by atoms with Gasteiger partial charge in [-0.2, -0.15) is 9.78 Å². The molecule has 2 atom stereocenters. The minimum Gasteiger partial charge on any atom is -0.396 e. The van der Waals surface area contributed by atoms with Crippen molar-refractivity contribution in [1.82, 2.24) is 24.8 Å². The highest BCUT2D eigenvalue weighted by atomic mass is 16.6. The van der Waals surface area contributed by atoms with Crippen molar-refractivity contribution in [1.29, 1.82) is 0 Å². The number of allylic oxidation sites excluding steroid dienone is 1. The number of hydrogen-bond donors (Lipinski definition) is 2. The zero-order valence-corrected chi connectivity index (χ0v) is 24.9. The summed E-state index contributed by atoms with van der Waals surface area (Å²) < 4.78 is 2.96. The molecule has 1 amide bonds. The van der Waals surface area contributed by atoms with E-state index in [4.69, 9.17) is 5.11 Å². The molecule has 1 aliphatic rings. The molecular weight excluding hydrogens is 590 g/mol. The number of aliphatic hydroxyl groups excluding tert-OH is 1. The number of amides is 1. The number of fused-ring (bicyclic) bond motifs is 2. The van der Waals surface area contributed by atoms with E-state index < -0.39 is 22.3 Å². The summed E-state index contributed by atoms with van der Waals surface area (Å²) in [6.45, 7) is 2.26. The molecule has 3 heterocycles. The molecule has 46 heavy (non-hydrogen) atoms. The van der Waals surface area contributed by atoms with Gasteiger partial charge in [0, 0.05) is 54.8 Å². The van der Waals surface area contributed by atoms with E-state index in [1.54, 1.807) is 66.5 Å². The number of benzene rings is 3. The summed E-state index contributed by atoms with van der Waals surface area (Å²) in [5.74, 6) is -1.32. The van der Waals surface area contributed by atoms with Crippen LogP contribution >= 0.6 is 0 Å². The first-order valence-corrected chi connectivity index (χ1v) is 14.8. The second kappa shape index (κ2) is 12.5. The van der Waals surface area contributed by atoms with Crippen LogP contribution in [0.1, 0.15) is 30.2 Å². The van der Waals surface area contributed by atoms with Crippen LogP contribution in [0.5, 0.6) is 0 Å². The van der Waals surface area contributed by atoms with Crippen molar-refractivity contribution in [2.24, 2.45) is 5.92 Å². The first kappa shape index (κ1) is 30.5. The molecule has 5 aromatic rings. The van der Waals surface area contributed by atoms with Crippen LogP contribution in [0.25, 0.3) is 16.5 Å². The Kier molecular flexibility index (Phi) is 8.26. The molecule has 13 heteroatoms. The summed E-state index contributed by atoms with van der Waals surface area (Å²) in [6, 6.07) is 18.3. The van der Waals surface area contributed by atoms with Crippen molar-refractivity contribution in [2.45, 2.75) is 38.5 Å². The number of aryl methyl sites for hydroxylation is 1. The normalized spacial score (nSPS) is 16.8. The van der Waals surface area contributed by atoms with E-state index in [-0.39, 0.29) is 30.0 Å². The van der Waals surface area contributed by atoms with Gasteiger partial charge >= 0.3 is 0 Å². The smallest absolute Gasteiger partial charge is 0.279 e. The number of aromatic nitrogens is 5. The van der Waals surface area contributed by atoms with Crippen molar-refractivity contribution in [2.75, 3.05) is 11.5 Å². The largest absolute Gasteiger partial charge is 0.396 e. The van der Waals surface area contributed by atoms with E-state index >= 15 is 0 Å². The highest BCUT2D eigenvalue weighted by Gasteiger charge is 2.53. The van der Waals surface area contributed by atoms with E-state index in [1.165, 1.54) is 27.8 Å². The molecule has 0 saturated carbocycles. The molecule has 0 spiro atoms. The van der Waals surface area contributed by atoms with Crippen LogP contribution in [0, 0.1) is 16.0 Å². The van der Waals surface area contributed by atoms with E-state index in [9.17, 15) is 24.8 Å². The van der Waals surface area contributed by atoms with Crippen molar-refractivity contribution >= 4 is 28.1 Å². The fourth-order valence-electron chi connectivity index (χ4n) is 5.73. The van der Waals surface area contributed by atoms with Crippen LogP contribution < -0.4 is 10.5 Å². The average molecular weight is 622 g/mol. The number of rotatable bonds is 11. The van der Waals surface area contributed by atoms with Gasteiger partial charge in [0.15, 0.2) is 5.60 Å². The summed E-state index contributed by atoms with van der Waals surface area (Å²) in [7, 11) is 0. The zero-order valence-electron chi connectivity index (χ0n) is 24.9. The monoisotopic (exact) mass is 621 g/mol. The van der Waals surface area contributed by atoms with E-state index in [0.29, 0.717) is 41.8 Å². The molecule has 3 aromatic carbocycles. The minimum atomic E-state index is -2.04. The highest BCUT2D eigenvalue weighted by molar-refractivity contribution is 6.07. The van der Waals surface area contributed by atoms with Gasteiger partial charge in [0.2, 0.25) is 0 Å². The third-order valence-corrected chi connectivity index (χ3v) is 8.24. The van der Waals surface area contributed by atoms with Crippen LogP contribution in [-0.4, -0.2) is 52.4 Å². The Morgan fingerprint density at radius 2 is 1.87 bits per heavy atom. The van der Waals surface area contributed by atoms with Gasteiger partial charge in [-0.25, -0.2) is 0 Å². The fraction of sp³-hybridized carbons (Fsp3) is 0.242. The lowest BCUT2D eigenvalue weighted by Crippen LogP contribution is -2.44. The molecule has 0 aliphatic carbocycles. The van der Waals surface area contributed by atoms with Gasteiger partial charge in [0.1, 0.15) is 0 Å². The van der Waals surface area contributed by atoms with E-state index in [2.05, 4.69) is 15.4 Å². The second-order valence-corrected chi connectivity index (χ2v) is 11.2. The fourth-order valence-corrected chi connectivity index (χ4v) is 5.73. The quantitative estimate of drug-likeness (QED) is 0.127. The highest BCUT2D eigenvalue weighted by Crippen LogP contribution is 2.47. The Morgan fingerprint density at radius 1 is 1.09 bits per heavy atom. The van der Waals surface area contributed by atoms with Gasteiger partial charge in [0.25, 0.3) is 17.2 Å². The first-order chi connectivity index (χ1) is 22.2. The maximum Gasteiger partial charge on any atom is 0.279 e. The molecule has 0 fully saturated rings. The Labute approximate surface area is 262 Å². The molecule has 1 aliphatic heterocycles. The lowest BCUT2D eigenvalue weighted by Gasteiger charge is -2.27. The molecule has 2 N–H and O–H groups in total. The van der Waals surface area contributed by atoms with E-state index in [0.717, 1.165) is 10.9 Å². The van der Waals surface area contributed by atoms with Gasteiger partial charge in [-0.1, -0.05) is 54.6 Å². The molecule has 234 valence electrons. The number of nitrogens with zero attached hydrogens (tertiary/aromatic N) is 7. The molecule has 6 rings (SSSR count). The number of aliphatic hydroxyl groups is 2. The molecule has 0 saturated heterocycles. The lowest BCUT2D eigenvalue weighted by molar-refractivity contribution is -0.385. The zero-order chi connectivity index (χ0) is 32.4. The summed E-state index contributed by atoms with van der Waals surface area (Å²) in [5, 5.41) is 46.3. The van der Waals surface area contributed by atoms with Crippen molar-refractivity contribution < 1.29 is 19.9 Å². The van der Waals surface area contributed by atoms with Crippen molar-refractivity contribution in [3.63, 3.8) is 0 Å². The number of anilines is 1. The van der Waals surface area contributed by atoms with Crippen LogP contribution in [0.3, 0.4) is 0 Å². The van der Waals surface area contributed by atoms with Crippen LogP contribution in [0.4, 0.5) is 11.4 Å². The summed E-state index contributed by atoms with van der Waals surface area (Å²) >= 11 is 0. The maximum absolute atomic E-state index is 14.0. The van der Waals surface area contributed by atoms with Gasteiger partial charge in [-0.3, -0.25) is 24.4 Å². The average Bonchev–Trinajstić information content (AvgIpc) is 3.60. The molecule has 0 radical (unpaired) electrons. The number of carbonyl (C=O) groups is 1. The second-order valence-electron chi connectivity index (χ2n) is 11.2. The Morgan fingerprint density at radius 3 is 2.63 bits per heavy atom. The standard InChI is InChI=1S/C33H31N7O6/c1-22(6-4-5-16-37-21-25(15-17-41)35-36-37)33(44)29-18-27(40(45)46)13-14-30(29)38(32(33)43)20-23-9-11-26(12-10-23)39-31(42)28-8-3-2-7-24(28)19-34-39/h2-4,6-14,18-19,21-22,41,44H,5,15-17,20H2,1H3/b6-4+/t22-,33+/m1/s1. The van der Waals surface area contributed by atoms with E-state index in [1.807, 2.05) is 18.2 Å². The number of hydrogen-bond acceptors (Lipinski definition) is 9. The van der Waals surface area contributed by atoms with Crippen LogP contribution in [0.15, 0.2) is 96.1 Å². The Balaban J connectivity index is 1.24. The Hall–Kier alpha value is -5.53. The van der Waals surface area contributed by atoms with Gasteiger partial charge < -0.3 is 15.1 Å². The van der Waals surface area contributed by atoms with Gasteiger partial charge in [0.05, 0.1) is 40.1 Å². The molecule has 0 bridgehead atoms. The lowest BCUT2D eigenvalue weighted by atomic mass is 9.82. The maximum atomic E-state index is 14.0. The predicted molar refractivity (Wildman–Crippen MR) is 169 cm³/mol. The molecule has 2 aromatic heterocycles. The third kappa shape index (κ3) is 5.57. The van der Waals surface area contributed by atoms with Gasteiger partial charge in [-0.05, 0) is 36.2 Å². The summed E-state index contributed by atoms with van der Waals surface area (Å²) in [5.41, 5.74) is -0.0301. The summed E-state index contributed by atoms with van der Waals surface area (Å²) in [6.07, 6.45) is 7.87. The Bertz CT molecular complexity index is 2020. The molecule has 13 nitrogen and oxygen atoms in total. The number of non-ortho nitro benzene ring substituents is 1. The summed E-state index contributed by atoms with van der Waals surface area (Å²) in [4.78, 5) is 39.5. The molecule has 0 unspecified atom stereocenters. The van der Waals surface area contributed by atoms with Crippen LogP contribution in [0.2, 0.25) is 0 Å². The number of nitro groups is 1. The predicted octanol–water partition coefficient (Wildman–Crippen LogP) is 3.44.